The maximum atomic E-state index is 13.4. The summed E-state index contributed by atoms with van der Waals surface area (Å²) in [5, 5.41) is 2.63. The van der Waals surface area contributed by atoms with E-state index in [0.29, 0.717) is 23.3 Å². The molecule has 34 heavy (non-hydrogen) atoms. The minimum absolute atomic E-state index is 0.171. The normalized spacial score (nSPS) is 11.3. The molecule has 0 bridgehead atoms. The molecular formula is C24H22F2N2O5S. The van der Waals surface area contributed by atoms with E-state index in [1.807, 2.05) is 25.1 Å². The van der Waals surface area contributed by atoms with Gasteiger partial charge in [-0.15, -0.1) is 0 Å². The van der Waals surface area contributed by atoms with Gasteiger partial charge in [0.2, 0.25) is 0 Å². The summed E-state index contributed by atoms with van der Waals surface area (Å²) >= 11 is 0. The second-order valence-electron chi connectivity index (χ2n) is 7.01. The van der Waals surface area contributed by atoms with Gasteiger partial charge in [0.1, 0.15) is 0 Å². The van der Waals surface area contributed by atoms with Gasteiger partial charge in [0.15, 0.2) is 29.7 Å². The van der Waals surface area contributed by atoms with E-state index in [-0.39, 0.29) is 12.3 Å². The van der Waals surface area contributed by atoms with Gasteiger partial charge in [0.25, 0.3) is 15.9 Å². The van der Waals surface area contributed by atoms with Crippen molar-refractivity contribution in [2.75, 3.05) is 23.8 Å². The summed E-state index contributed by atoms with van der Waals surface area (Å²) in [6.07, 6.45) is 3.79. The third kappa shape index (κ3) is 6.32. The number of carbonyl (C=O) groups excluding carboxylic acids is 1. The van der Waals surface area contributed by atoms with E-state index in [1.54, 1.807) is 12.1 Å². The molecule has 0 heterocycles. The summed E-state index contributed by atoms with van der Waals surface area (Å²) in [6, 6.07) is 13.4. The maximum absolute atomic E-state index is 13.4. The van der Waals surface area contributed by atoms with Crippen molar-refractivity contribution >= 4 is 33.4 Å². The Labute approximate surface area is 196 Å². The van der Waals surface area contributed by atoms with Crippen LogP contribution in [0.4, 0.5) is 20.2 Å². The Hall–Kier alpha value is -3.92. The average Bonchev–Trinajstić information content (AvgIpc) is 2.81. The molecule has 3 rings (SSSR count). The summed E-state index contributed by atoms with van der Waals surface area (Å²) in [4.78, 5) is 11.8. The first-order valence-corrected chi connectivity index (χ1v) is 11.5. The van der Waals surface area contributed by atoms with Crippen molar-refractivity contribution in [2.45, 2.75) is 11.8 Å². The van der Waals surface area contributed by atoms with E-state index < -0.39 is 32.5 Å². The highest BCUT2D eigenvalue weighted by Gasteiger charge is 2.17. The number of amides is 1. The fourth-order valence-electron chi connectivity index (χ4n) is 2.92. The highest BCUT2D eigenvalue weighted by atomic mass is 32.2. The van der Waals surface area contributed by atoms with Gasteiger partial charge in [-0.2, -0.15) is 0 Å². The maximum Gasteiger partial charge on any atom is 0.262 e. The lowest BCUT2D eigenvalue weighted by atomic mass is 10.2. The zero-order valence-corrected chi connectivity index (χ0v) is 19.2. The van der Waals surface area contributed by atoms with Crippen LogP contribution in [0.15, 0.2) is 71.6 Å². The van der Waals surface area contributed by atoms with Crippen molar-refractivity contribution < 1.29 is 31.5 Å². The van der Waals surface area contributed by atoms with Gasteiger partial charge in [0.05, 0.1) is 12.0 Å². The number of rotatable bonds is 9. The first-order valence-electron chi connectivity index (χ1n) is 10.0. The standard InChI is InChI=1S/C24H22F2N2O5S/c1-3-4-16-5-12-22(23(13-16)32-2)33-15-24(29)27-17-6-8-18(9-7-17)28-34(30,31)19-10-11-20(25)21(26)14-19/h3-14,28H,15H2,1-2H3,(H,27,29)/b4-3+. The molecule has 0 aromatic heterocycles. The molecule has 178 valence electrons. The fraction of sp³-hybridized carbons (Fsp3) is 0.125. The van der Waals surface area contributed by atoms with Crippen LogP contribution in [0.25, 0.3) is 6.08 Å². The van der Waals surface area contributed by atoms with Crippen LogP contribution < -0.4 is 19.5 Å². The summed E-state index contributed by atoms with van der Waals surface area (Å²) in [5.74, 6) is -1.95. The number of methoxy groups -OCH3 is 1. The Morgan fingerprint density at radius 1 is 0.941 bits per heavy atom. The van der Waals surface area contributed by atoms with Gasteiger partial charge in [-0.3, -0.25) is 9.52 Å². The predicted octanol–water partition coefficient (Wildman–Crippen LogP) is 4.82. The first kappa shape index (κ1) is 24.7. The highest BCUT2D eigenvalue weighted by molar-refractivity contribution is 7.92. The molecular weight excluding hydrogens is 466 g/mol. The van der Waals surface area contributed by atoms with Crippen LogP contribution in [-0.4, -0.2) is 28.0 Å². The second-order valence-corrected chi connectivity index (χ2v) is 8.69. The zero-order chi connectivity index (χ0) is 24.7. The van der Waals surface area contributed by atoms with E-state index in [1.165, 1.54) is 31.4 Å². The van der Waals surface area contributed by atoms with Crippen molar-refractivity contribution in [3.05, 3.63) is 83.9 Å². The van der Waals surface area contributed by atoms with Crippen LogP contribution in [0.1, 0.15) is 12.5 Å². The molecule has 10 heteroatoms. The Morgan fingerprint density at radius 3 is 2.29 bits per heavy atom. The molecule has 0 fully saturated rings. The zero-order valence-electron chi connectivity index (χ0n) is 18.3. The van der Waals surface area contributed by atoms with Crippen molar-refractivity contribution in [1.82, 2.24) is 0 Å². The smallest absolute Gasteiger partial charge is 0.262 e. The molecule has 0 saturated carbocycles. The molecule has 0 radical (unpaired) electrons. The van der Waals surface area contributed by atoms with Crippen LogP contribution in [0.5, 0.6) is 11.5 Å². The molecule has 0 unspecified atom stereocenters. The topological polar surface area (TPSA) is 93.7 Å². The number of allylic oxidation sites excluding steroid dienone is 1. The molecule has 0 saturated heterocycles. The number of carbonyl (C=O) groups is 1. The number of sulfonamides is 1. The fourth-order valence-corrected chi connectivity index (χ4v) is 3.99. The molecule has 2 N–H and O–H groups in total. The van der Waals surface area contributed by atoms with E-state index in [9.17, 15) is 22.0 Å². The number of anilines is 2. The molecule has 0 atom stereocenters. The van der Waals surface area contributed by atoms with Crippen LogP contribution >= 0.6 is 0 Å². The summed E-state index contributed by atoms with van der Waals surface area (Å²) in [5.41, 5.74) is 1.50. The van der Waals surface area contributed by atoms with Crippen molar-refractivity contribution in [3.8, 4) is 11.5 Å². The first-order chi connectivity index (χ1) is 16.2. The molecule has 0 aliphatic carbocycles. The number of nitrogens with one attached hydrogen (secondary N) is 2. The predicted molar refractivity (Wildman–Crippen MR) is 125 cm³/mol. The Balaban J connectivity index is 1.59. The SMILES string of the molecule is C/C=C/c1ccc(OCC(=O)Nc2ccc(NS(=O)(=O)c3ccc(F)c(F)c3)cc2)c(OC)c1. The van der Waals surface area contributed by atoms with E-state index >= 15 is 0 Å². The van der Waals surface area contributed by atoms with Gasteiger partial charge < -0.3 is 14.8 Å². The number of hydrogen-bond acceptors (Lipinski definition) is 5. The number of benzene rings is 3. The summed E-state index contributed by atoms with van der Waals surface area (Å²) in [7, 11) is -2.62. The number of halogens is 2. The molecule has 0 aliphatic heterocycles. The lowest BCUT2D eigenvalue weighted by molar-refractivity contribution is -0.118. The van der Waals surface area contributed by atoms with E-state index in [0.717, 1.165) is 17.7 Å². The van der Waals surface area contributed by atoms with E-state index in [2.05, 4.69) is 10.0 Å². The molecule has 7 nitrogen and oxygen atoms in total. The van der Waals surface area contributed by atoms with Gasteiger partial charge in [-0.05, 0) is 67.1 Å². The number of hydrogen-bond donors (Lipinski definition) is 2. The third-order valence-corrected chi connectivity index (χ3v) is 5.91. The minimum atomic E-state index is -4.12. The van der Waals surface area contributed by atoms with Crippen LogP contribution in [-0.2, 0) is 14.8 Å². The Morgan fingerprint density at radius 2 is 1.65 bits per heavy atom. The molecule has 0 spiro atoms. The third-order valence-electron chi connectivity index (χ3n) is 4.53. The van der Waals surface area contributed by atoms with Gasteiger partial charge in [-0.1, -0.05) is 18.2 Å². The van der Waals surface area contributed by atoms with Crippen LogP contribution in [0.3, 0.4) is 0 Å². The van der Waals surface area contributed by atoms with E-state index in [4.69, 9.17) is 9.47 Å². The summed E-state index contributed by atoms with van der Waals surface area (Å²) < 4.78 is 64.2. The molecule has 3 aromatic rings. The van der Waals surface area contributed by atoms with Crippen molar-refractivity contribution in [2.24, 2.45) is 0 Å². The highest BCUT2D eigenvalue weighted by Crippen LogP contribution is 2.28. The van der Waals surface area contributed by atoms with Crippen LogP contribution in [0, 0.1) is 11.6 Å². The average molecular weight is 489 g/mol. The van der Waals surface area contributed by atoms with Crippen molar-refractivity contribution in [3.63, 3.8) is 0 Å². The van der Waals surface area contributed by atoms with Crippen LogP contribution in [0.2, 0.25) is 0 Å². The van der Waals surface area contributed by atoms with Gasteiger partial charge in [-0.25, -0.2) is 17.2 Å². The molecule has 3 aromatic carbocycles. The van der Waals surface area contributed by atoms with Crippen molar-refractivity contribution in [1.29, 1.82) is 0 Å². The second kappa shape index (κ2) is 10.8. The largest absolute Gasteiger partial charge is 0.493 e. The Bertz CT molecular complexity index is 1310. The minimum Gasteiger partial charge on any atom is -0.493 e. The monoisotopic (exact) mass is 488 g/mol. The quantitative estimate of drug-likeness (QED) is 0.450. The number of ether oxygens (including phenoxy) is 2. The van der Waals surface area contributed by atoms with Gasteiger partial charge in [0, 0.05) is 11.4 Å². The molecule has 0 aliphatic rings. The Kier molecular flexibility index (Phi) is 7.85. The van der Waals surface area contributed by atoms with Gasteiger partial charge >= 0.3 is 0 Å². The summed E-state index contributed by atoms with van der Waals surface area (Å²) in [6.45, 7) is 1.62. The molecule has 1 amide bonds. The lowest BCUT2D eigenvalue weighted by Gasteiger charge is -2.12. The lowest BCUT2D eigenvalue weighted by Crippen LogP contribution is -2.20.